The number of piperidine rings is 1. The van der Waals surface area contributed by atoms with Gasteiger partial charge in [0.05, 0.1) is 11.9 Å². The first-order valence-electron chi connectivity index (χ1n) is 8.13. The Morgan fingerprint density at radius 3 is 2.83 bits per heavy atom. The molecule has 1 saturated heterocycles. The van der Waals surface area contributed by atoms with Crippen molar-refractivity contribution in [3.8, 4) is 0 Å². The minimum atomic E-state index is -0.589. The fraction of sp³-hybridized carbons (Fsp3) is 0.389. The van der Waals surface area contributed by atoms with Gasteiger partial charge in [0.1, 0.15) is 11.3 Å². The molecule has 126 valence electrons. The van der Waals surface area contributed by atoms with E-state index in [1.54, 1.807) is 25.4 Å². The molecular formula is C18H21N3O3. The molecule has 0 spiro atoms. The Labute approximate surface area is 140 Å². The van der Waals surface area contributed by atoms with E-state index in [1.807, 2.05) is 13.0 Å². The van der Waals surface area contributed by atoms with Crippen molar-refractivity contribution in [3.63, 3.8) is 0 Å². The summed E-state index contributed by atoms with van der Waals surface area (Å²) < 4.78 is 5.44. The second-order valence-electron chi connectivity index (χ2n) is 6.24. The zero-order chi connectivity index (χ0) is 17.1. The number of aromatic nitrogens is 1. The lowest BCUT2D eigenvalue weighted by Gasteiger charge is -2.22. The van der Waals surface area contributed by atoms with Crippen LogP contribution in [0.3, 0.4) is 0 Å². The Morgan fingerprint density at radius 1 is 1.33 bits per heavy atom. The third-order valence-corrected chi connectivity index (χ3v) is 4.23. The van der Waals surface area contributed by atoms with Crippen molar-refractivity contribution in [1.29, 1.82) is 0 Å². The predicted octanol–water partition coefficient (Wildman–Crippen LogP) is 2.37. The van der Waals surface area contributed by atoms with Crippen molar-refractivity contribution < 1.29 is 9.21 Å². The molecule has 24 heavy (non-hydrogen) atoms. The number of nitrogens with one attached hydrogen (secondary N) is 2. The van der Waals surface area contributed by atoms with Crippen LogP contribution in [0.2, 0.25) is 0 Å². The molecule has 3 heterocycles. The van der Waals surface area contributed by atoms with Gasteiger partial charge in [0.25, 0.3) is 5.91 Å². The number of amides is 1. The molecule has 0 aliphatic carbocycles. The fourth-order valence-corrected chi connectivity index (χ4v) is 3.02. The van der Waals surface area contributed by atoms with Crippen molar-refractivity contribution in [3.05, 3.63) is 57.4 Å². The Hall–Kier alpha value is -2.47. The van der Waals surface area contributed by atoms with Crippen LogP contribution in [-0.4, -0.2) is 24.0 Å². The Balaban J connectivity index is 1.85. The molecule has 2 N–H and O–H groups in total. The molecule has 0 radical (unpaired) electrons. The van der Waals surface area contributed by atoms with Crippen LogP contribution in [0.5, 0.6) is 0 Å². The predicted molar refractivity (Wildman–Crippen MR) is 91.5 cm³/mol. The highest BCUT2D eigenvalue weighted by Crippen LogP contribution is 2.23. The number of anilines is 1. The highest BCUT2D eigenvalue weighted by atomic mass is 16.4. The topological polar surface area (TPSA) is 84.2 Å². The summed E-state index contributed by atoms with van der Waals surface area (Å²) >= 11 is 0. The number of hydrogen-bond donors (Lipinski definition) is 2. The maximum absolute atomic E-state index is 12.4. The van der Waals surface area contributed by atoms with Crippen molar-refractivity contribution in [2.45, 2.75) is 32.6 Å². The lowest BCUT2D eigenvalue weighted by atomic mass is 9.95. The standard InChI is InChI=1S/C18H21N3O3/c1-11-6-14(10-20-8-11)21-17(22)16-12(2)7-15(24-18(16)23)13-4-3-5-19-9-13/h6-8,10,13,19H,3-5,9H2,1-2H3,(H,21,22). The van der Waals surface area contributed by atoms with E-state index in [4.69, 9.17) is 4.42 Å². The van der Waals surface area contributed by atoms with Crippen LogP contribution in [0.15, 0.2) is 33.7 Å². The summed E-state index contributed by atoms with van der Waals surface area (Å²) in [5.41, 5.74) is 1.57. The van der Waals surface area contributed by atoms with Gasteiger partial charge in [-0.1, -0.05) is 0 Å². The molecule has 6 nitrogen and oxygen atoms in total. The van der Waals surface area contributed by atoms with Gasteiger partial charge in [-0.25, -0.2) is 4.79 Å². The van der Waals surface area contributed by atoms with E-state index in [0.717, 1.165) is 31.5 Å². The van der Waals surface area contributed by atoms with Crippen molar-refractivity contribution >= 4 is 11.6 Å². The van der Waals surface area contributed by atoms with E-state index in [9.17, 15) is 9.59 Å². The largest absolute Gasteiger partial charge is 0.427 e. The minimum Gasteiger partial charge on any atom is -0.427 e. The minimum absolute atomic E-state index is 0.0454. The monoisotopic (exact) mass is 327 g/mol. The van der Waals surface area contributed by atoms with Crippen LogP contribution in [0.4, 0.5) is 5.69 Å². The number of carbonyl (C=O) groups is 1. The van der Waals surface area contributed by atoms with Gasteiger partial charge in [0, 0.05) is 18.7 Å². The Morgan fingerprint density at radius 2 is 2.17 bits per heavy atom. The van der Waals surface area contributed by atoms with E-state index < -0.39 is 11.5 Å². The molecule has 1 unspecified atom stereocenters. The van der Waals surface area contributed by atoms with Crippen molar-refractivity contribution in [1.82, 2.24) is 10.3 Å². The zero-order valence-corrected chi connectivity index (χ0v) is 13.9. The van der Waals surface area contributed by atoms with Gasteiger partial charge >= 0.3 is 5.63 Å². The number of nitrogens with zero attached hydrogens (tertiary/aromatic N) is 1. The van der Waals surface area contributed by atoms with E-state index in [0.29, 0.717) is 17.0 Å². The highest BCUT2D eigenvalue weighted by molar-refractivity contribution is 6.04. The first kappa shape index (κ1) is 16.4. The summed E-state index contributed by atoms with van der Waals surface area (Å²) in [6, 6.07) is 3.60. The summed E-state index contributed by atoms with van der Waals surface area (Å²) in [5.74, 6) is 0.365. The summed E-state index contributed by atoms with van der Waals surface area (Å²) in [6.07, 6.45) is 5.28. The molecule has 0 saturated carbocycles. The smallest absolute Gasteiger partial charge is 0.349 e. The number of pyridine rings is 1. The number of aryl methyl sites for hydroxylation is 2. The first-order chi connectivity index (χ1) is 11.5. The maximum Gasteiger partial charge on any atom is 0.349 e. The Kier molecular flexibility index (Phi) is 4.76. The molecule has 1 atom stereocenters. The van der Waals surface area contributed by atoms with Gasteiger partial charge in [0.15, 0.2) is 0 Å². The van der Waals surface area contributed by atoms with Crippen LogP contribution in [0.25, 0.3) is 0 Å². The van der Waals surface area contributed by atoms with Gasteiger partial charge in [-0.3, -0.25) is 9.78 Å². The third-order valence-electron chi connectivity index (χ3n) is 4.23. The normalized spacial score (nSPS) is 17.5. The summed E-state index contributed by atoms with van der Waals surface area (Å²) in [6.45, 7) is 5.43. The summed E-state index contributed by atoms with van der Waals surface area (Å²) in [5, 5.41) is 6.01. The molecule has 3 rings (SSSR count). The van der Waals surface area contributed by atoms with Gasteiger partial charge in [-0.15, -0.1) is 0 Å². The highest BCUT2D eigenvalue weighted by Gasteiger charge is 2.22. The molecule has 1 aliphatic rings. The molecule has 1 amide bonds. The van der Waals surface area contributed by atoms with E-state index in [1.165, 1.54) is 0 Å². The van der Waals surface area contributed by atoms with Gasteiger partial charge in [-0.2, -0.15) is 0 Å². The molecule has 2 aromatic rings. The second kappa shape index (κ2) is 6.97. The van der Waals surface area contributed by atoms with Crippen LogP contribution < -0.4 is 16.3 Å². The SMILES string of the molecule is Cc1cncc(NC(=O)c2c(C)cc(C3CCCNC3)oc2=O)c1. The molecule has 1 aliphatic heterocycles. The number of rotatable bonds is 3. The third kappa shape index (κ3) is 3.54. The van der Waals surface area contributed by atoms with Crippen molar-refractivity contribution in [2.24, 2.45) is 0 Å². The van der Waals surface area contributed by atoms with Gasteiger partial charge in [-0.05, 0) is 56.5 Å². The fourth-order valence-electron chi connectivity index (χ4n) is 3.02. The first-order valence-corrected chi connectivity index (χ1v) is 8.13. The van der Waals surface area contributed by atoms with Gasteiger partial charge < -0.3 is 15.1 Å². The Bertz CT molecular complexity index is 807. The molecule has 1 fully saturated rings. The molecule has 2 aromatic heterocycles. The molecular weight excluding hydrogens is 306 g/mol. The average Bonchev–Trinajstić information content (AvgIpc) is 2.55. The number of carbonyl (C=O) groups excluding carboxylic acids is 1. The second-order valence-corrected chi connectivity index (χ2v) is 6.24. The summed E-state index contributed by atoms with van der Waals surface area (Å²) in [7, 11) is 0. The number of hydrogen-bond acceptors (Lipinski definition) is 5. The van der Waals surface area contributed by atoms with Crippen LogP contribution >= 0.6 is 0 Å². The van der Waals surface area contributed by atoms with Gasteiger partial charge in [0.2, 0.25) is 0 Å². The maximum atomic E-state index is 12.4. The van der Waals surface area contributed by atoms with E-state index in [-0.39, 0.29) is 11.5 Å². The quantitative estimate of drug-likeness (QED) is 0.904. The summed E-state index contributed by atoms with van der Waals surface area (Å²) in [4.78, 5) is 28.8. The van der Waals surface area contributed by atoms with Crippen LogP contribution in [-0.2, 0) is 0 Å². The zero-order valence-electron chi connectivity index (χ0n) is 13.9. The van der Waals surface area contributed by atoms with E-state index in [2.05, 4.69) is 15.6 Å². The lowest BCUT2D eigenvalue weighted by Crippen LogP contribution is -2.30. The van der Waals surface area contributed by atoms with E-state index >= 15 is 0 Å². The molecule has 0 aromatic carbocycles. The van der Waals surface area contributed by atoms with Crippen LogP contribution in [0, 0.1) is 13.8 Å². The van der Waals surface area contributed by atoms with Crippen molar-refractivity contribution in [2.75, 3.05) is 18.4 Å². The average molecular weight is 327 g/mol. The lowest BCUT2D eigenvalue weighted by molar-refractivity contribution is 0.102. The van der Waals surface area contributed by atoms with Crippen LogP contribution in [0.1, 0.15) is 46.0 Å². The molecule has 6 heteroatoms. The molecule has 0 bridgehead atoms.